The molecular weight excluding hydrogens is 336 g/mol. The molecule has 2 aromatic carbocycles. The van der Waals surface area contributed by atoms with Gasteiger partial charge >= 0.3 is 0 Å². The van der Waals surface area contributed by atoms with Gasteiger partial charge in [-0.3, -0.25) is 14.9 Å². The van der Waals surface area contributed by atoms with Crippen LogP contribution in [-0.2, 0) is 11.3 Å². The third-order valence-electron chi connectivity index (χ3n) is 3.54. The largest absolute Gasteiger partial charge is 0.484 e. The molecule has 132 valence electrons. The van der Waals surface area contributed by atoms with Crippen molar-refractivity contribution < 1.29 is 14.5 Å². The van der Waals surface area contributed by atoms with E-state index in [2.05, 4.69) is 10.4 Å². The summed E-state index contributed by atoms with van der Waals surface area (Å²) < 4.78 is 7.01. The minimum absolute atomic E-state index is 0.0868. The van der Waals surface area contributed by atoms with Crippen LogP contribution in [0.4, 0.5) is 5.69 Å². The van der Waals surface area contributed by atoms with Crippen LogP contribution in [0, 0.1) is 10.1 Å². The van der Waals surface area contributed by atoms with Gasteiger partial charge in [-0.1, -0.05) is 24.3 Å². The lowest BCUT2D eigenvalue weighted by molar-refractivity contribution is -0.384. The summed E-state index contributed by atoms with van der Waals surface area (Å²) in [4.78, 5) is 22.1. The fraction of sp³-hybridized carbons (Fsp3) is 0.111. The van der Waals surface area contributed by atoms with Crippen molar-refractivity contribution >= 4 is 11.6 Å². The Labute approximate surface area is 149 Å². The van der Waals surface area contributed by atoms with Crippen LogP contribution in [0.1, 0.15) is 5.56 Å². The smallest absolute Gasteiger partial charge is 0.273 e. The van der Waals surface area contributed by atoms with E-state index in [1.54, 1.807) is 16.9 Å². The average Bonchev–Trinajstić information content (AvgIpc) is 3.15. The standard InChI is InChI=1S/C18H16N4O4/c23-18(13-26-17-8-4-7-16(9-17)22(24)25)19-10-14-11-20-21(12-14)15-5-2-1-3-6-15/h1-9,11-12H,10,13H2,(H,19,23). The molecule has 8 heteroatoms. The zero-order chi connectivity index (χ0) is 18.4. The van der Waals surface area contributed by atoms with Crippen LogP contribution in [0.5, 0.6) is 5.75 Å². The van der Waals surface area contributed by atoms with Gasteiger partial charge in [0.05, 0.1) is 22.9 Å². The topological polar surface area (TPSA) is 99.3 Å². The normalized spacial score (nSPS) is 10.3. The highest BCUT2D eigenvalue weighted by Crippen LogP contribution is 2.18. The first-order valence-electron chi connectivity index (χ1n) is 7.85. The van der Waals surface area contributed by atoms with Gasteiger partial charge in [-0.15, -0.1) is 0 Å². The predicted octanol–water partition coefficient (Wildman–Crippen LogP) is 2.48. The summed E-state index contributed by atoms with van der Waals surface area (Å²) in [5.41, 5.74) is 1.69. The fourth-order valence-electron chi connectivity index (χ4n) is 2.26. The van der Waals surface area contributed by atoms with Crippen molar-refractivity contribution in [2.45, 2.75) is 6.54 Å². The molecule has 1 aromatic heterocycles. The highest BCUT2D eigenvalue weighted by molar-refractivity contribution is 5.77. The highest BCUT2D eigenvalue weighted by Gasteiger charge is 2.09. The molecule has 8 nitrogen and oxygen atoms in total. The van der Waals surface area contributed by atoms with E-state index >= 15 is 0 Å². The Balaban J connectivity index is 1.49. The lowest BCUT2D eigenvalue weighted by Gasteiger charge is -2.06. The number of rotatable bonds is 7. The number of nitro groups is 1. The Morgan fingerprint density at radius 2 is 2.00 bits per heavy atom. The van der Waals surface area contributed by atoms with Gasteiger partial charge < -0.3 is 10.1 Å². The van der Waals surface area contributed by atoms with Crippen molar-refractivity contribution in [1.29, 1.82) is 0 Å². The Hall–Kier alpha value is -3.68. The molecule has 0 saturated heterocycles. The second kappa shape index (κ2) is 7.93. The summed E-state index contributed by atoms with van der Waals surface area (Å²) in [6.07, 6.45) is 3.51. The summed E-state index contributed by atoms with van der Waals surface area (Å²) in [7, 11) is 0. The number of benzene rings is 2. The zero-order valence-electron chi connectivity index (χ0n) is 13.7. The Bertz CT molecular complexity index is 908. The third-order valence-corrected chi connectivity index (χ3v) is 3.54. The monoisotopic (exact) mass is 352 g/mol. The number of nitro benzene ring substituents is 1. The molecular formula is C18H16N4O4. The van der Waals surface area contributed by atoms with Crippen molar-refractivity contribution in [2.75, 3.05) is 6.61 Å². The van der Waals surface area contributed by atoms with Crippen molar-refractivity contribution in [3.05, 3.63) is 82.7 Å². The maximum Gasteiger partial charge on any atom is 0.273 e. The third kappa shape index (κ3) is 4.44. The summed E-state index contributed by atoms with van der Waals surface area (Å²) in [6, 6.07) is 15.3. The van der Waals surface area contributed by atoms with Gasteiger partial charge in [0.15, 0.2) is 6.61 Å². The van der Waals surface area contributed by atoms with Gasteiger partial charge in [0.25, 0.3) is 11.6 Å². The second-order valence-corrected chi connectivity index (χ2v) is 5.45. The number of ether oxygens (including phenoxy) is 1. The van der Waals surface area contributed by atoms with Crippen molar-refractivity contribution in [3.8, 4) is 11.4 Å². The van der Waals surface area contributed by atoms with Crippen molar-refractivity contribution in [1.82, 2.24) is 15.1 Å². The summed E-state index contributed by atoms with van der Waals surface area (Å²) in [5.74, 6) is -0.0600. The molecule has 3 aromatic rings. The number of aromatic nitrogens is 2. The van der Waals surface area contributed by atoms with E-state index in [0.717, 1.165) is 11.3 Å². The molecule has 0 radical (unpaired) electrons. The van der Waals surface area contributed by atoms with Crippen LogP contribution >= 0.6 is 0 Å². The number of hydrogen-bond donors (Lipinski definition) is 1. The number of non-ortho nitro benzene ring substituents is 1. The fourth-order valence-corrected chi connectivity index (χ4v) is 2.26. The summed E-state index contributed by atoms with van der Waals surface area (Å²) in [5, 5.41) is 17.7. The predicted molar refractivity (Wildman–Crippen MR) is 94.0 cm³/mol. The van der Waals surface area contributed by atoms with Gasteiger partial charge in [-0.2, -0.15) is 5.10 Å². The van der Waals surface area contributed by atoms with Gasteiger partial charge in [0, 0.05) is 24.4 Å². The molecule has 26 heavy (non-hydrogen) atoms. The molecule has 3 rings (SSSR count). The molecule has 0 aliphatic rings. The maximum atomic E-state index is 11.9. The number of amides is 1. The van der Waals surface area contributed by atoms with E-state index in [-0.39, 0.29) is 24.0 Å². The molecule has 0 spiro atoms. The minimum atomic E-state index is -0.517. The molecule has 1 amide bonds. The van der Waals surface area contributed by atoms with Crippen molar-refractivity contribution in [2.24, 2.45) is 0 Å². The maximum absolute atomic E-state index is 11.9. The molecule has 0 fully saturated rings. The minimum Gasteiger partial charge on any atom is -0.484 e. The second-order valence-electron chi connectivity index (χ2n) is 5.45. The number of nitrogens with zero attached hydrogens (tertiary/aromatic N) is 3. The quantitative estimate of drug-likeness (QED) is 0.520. The van der Waals surface area contributed by atoms with Gasteiger partial charge in [-0.25, -0.2) is 4.68 Å². The molecule has 0 unspecified atom stereocenters. The van der Waals surface area contributed by atoms with Crippen LogP contribution in [-0.4, -0.2) is 27.2 Å². The molecule has 1 N–H and O–H groups in total. The number of nitrogens with one attached hydrogen (secondary N) is 1. The van der Waals surface area contributed by atoms with E-state index in [9.17, 15) is 14.9 Å². The molecule has 0 bridgehead atoms. The van der Waals surface area contributed by atoms with Crippen LogP contribution in [0.15, 0.2) is 67.0 Å². The Morgan fingerprint density at radius 3 is 2.77 bits per heavy atom. The van der Waals surface area contributed by atoms with Crippen LogP contribution < -0.4 is 10.1 Å². The molecule has 0 aliphatic carbocycles. The first-order valence-corrected chi connectivity index (χ1v) is 7.85. The van der Waals surface area contributed by atoms with Crippen molar-refractivity contribution in [3.63, 3.8) is 0 Å². The molecule has 1 heterocycles. The Morgan fingerprint density at radius 1 is 1.19 bits per heavy atom. The van der Waals surface area contributed by atoms with Crippen LogP contribution in [0.25, 0.3) is 5.69 Å². The van der Waals surface area contributed by atoms with Gasteiger partial charge in [0.2, 0.25) is 0 Å². The van der Waals surface area contributed by atoms with E-state index in [4.69, 9.17) is 4.74 Å². The van der Waals surface area contributed by atoms with E-state index in [1.807, 2.05) is 36.5 Å². The number of para-hydroxylation sites is 1. The van der Waals surface area contributed by atoms with Crippen LogP contribution in [0.3, 0.4) is 0 Å². The highest BCUT2D eigenvalue weighted by atomic mass is 16.6. The summed E-state index contributed by atoms with van der Waals surface area (Å²) in [6.45, 7) is 0.0813. The number of carbonyl (C=O) groups is 1. The van der Waals surface area contributed by atoms with Gasteiger partial charge in [-0.05, 0) is 18.2 Å². The average molecular weight is 352 g/mol. The van der Waals surface area contributed by atoms with E-state index < -0.39 is 4.92 Å². The zero-order valence-corrected chi connectivity index (χ0v) is 13.7. The van der Waals surface area contributed by atoms with Gasteiger partial charge in [0.1, 0.15) is 5.75 Å². The summed E-state index contributed by atoms with van der Waals surface area (Å²) >= 11 is 0. The van der Waals surface area contributed by atoms with E-state index in [0.29, 0.717) is 6.54 Å². The SMILES string of the molecule is O=C(COc1cccc([N+](=O)[O-])c1)NCc1cnn(-c2ccccc2)c1. The lowest BCUT2D eigenvalue weighted by atomic mass is 10.3. The first kappa shape index (κ1) is 17.2. The van der Waals surface area contributed by atoms with Crippen LogP contribution in [0.2, 0.25) is 0 Å². The Kier molecular flexibility index (Phi) is 5.23. The number of carbonyl (C=O) groups excluding carboxylic acids is 1. The molecule has 0 saturated carbocycles. The molecule has 0 atom stereocenters. The lowest BCUT2D eigenvalue weighted by Crippen LogP contribution is -2.28. The van der Waals surface area contributed by atoms with E-state index in [1.165, 1.54) is 18.2 Å². The molecule has 0 aliphatic heterocycles. The number of hydrogen-bond acceptors (Lipinski definition) is 5. The first-order chi connectivity index (χ1) is 12.6.